The normalized spacial score (nSPS) is 13.2. The molecule has 1 heterocycles. The van der Waals surface area contributed by atoms with Crippen molar-refractivity contribution in [2.45, 2.75) is 32.9 Å². The molecule has 1 N–H and O–H groups in total. The molecule has 0 spiro atoms. The Morgan fingerprint density at radius 1 is 1.29 bits per heavy atom. The van der Waals surface area contributed by atoms with Gasteiger partial charge in [-0.05, 0) is 54.9 Å². The van der Waals surface area contributed by atoms with E-state index >= 15 is 0 Å². The highest BCUT2D eigenvalue weighted by atomic mass is 79.9. The van der Waals surface area contributed by atoms with Crippen LogP contribution >= 0.6 is 15.9 Å². The van der Waals surface area contributed by atoms with E-state index in [2.05, 4.69) is 26.3 Å². The number of nitrogens with zero attached hydrogens (tertiary/aromatic N) is 2. The highest BCUT2D eigenvalue weighted by Gasteiger charge is 2.22. The first-order chi connectivity index (χ1) is 11.4. The number of hydrogen-bond donors (Lipinski definition) is 1. The molecular weight excluding hydrogens is 374 g/mol. The summed E-state index contributed by atoms with van der Waals surface area (Å²) in [6.45, 7) is 5.64. The quantitative estimate of drug-likeness (QED) is 0.813. The van der Waals surface area contributed by atoms with E-state index in [4.69, 9.17) is 9.47 Å². The number of nitrogens with one attached hydrogen (secondary N) is 1. The third-order valence-corrected chi connectivity index (χ3v) is 4.77. The second kappa shape index (κ2) is 7.70. The van der Waals surface area contributed by atoms with Crippen molar-refractivity contribution in [1.29, 1.82) is 0 Å². The molecular formula is C17H22BrN3O3. The number of methoxy groups -OCH3 is 2. The van der Waals surface area contributed by atoms with Crippen LogP contribution in [0.2, 0.25) is 0 Å². The number of carbonyl (C=O) groups excluding carboxylic acids is 1. The maximum absolute atomic E-state index is 12.6. The number of aromatic nitrogens is 2. The van der Waals surface area contributed by atoms with Crippen LogP contribution in [-0.2, 0) is 4.79 Å². The lowest BCUT2D eigenvalue weighted by Gasteiger charge is -2.21. The topological polar surface area (TPSA) is 65.4 Å². The molecule has 2 unspecified atom stereocenters. The van der Waals surface area contributed by atoms with Crippen molar-refractivity contribution in [1.82, 2.24) is 15.1 Å². The summed E-state index contributed by atoms with van der Waals surface area (Å²) in [5, 5.41) is 7.25. The molecule has 1 aromatic carbocycles. The summed E-state index contributed by atoms with van der Waals surface area (Å²) in [5.41, 5.74) is 1.76. The predicted octanol–water partition coefficient (Wildman–Crippen LogP) is 3.41. The summed E-state index contributed by atoms with van der Waals surface area (Å²) in [6, 6.07) is 4.86. The zero-order chi connectivity index (χ0) is 17.9. The first kappa shape index (κ1) is 18.3. The van der Waals surface area contributed by atoms with Gasteiger partial charge in [-0.1, -0.05) is 0 Å². The number of amides is 1. The molecule has 0 bridgehead atoms. The summed E-state index contributed by atoms with van der Waals surface area (Å²) < 4.78 is 13.2. The zero-order valence-electron chi connectivity index (χ0n) is 14.5. The van der Waals surface area contributed by atoms with Crippen molar-refractivity contribution in [2.24, 2.45) is 0 Å². The van der Waals surface area contributed by atoms with Crippen molar-refractivity contribution in [3.63, 3.8) is 0 Å². The van der Waals surface area contributed by atoms with E-state index in [1.165, 1.54) is 0 Å². The first-order valence-electron chi connectivity index (χ1n) is 7.61. The van der Waals surface area contributed by atoms with Crippen LogP contribution in [0.15, 0.2) is 28.9 Å². The van der Waals surface area contributed by atoms with Crippen molar-refractivity contribution >= 4 is 21.8 Å². The minimum atomic E-state index is -0.421. The molecule has 2 aromatic rings. The van der Waals surface area contributed by atoms with Crippen LogP contribution in [0.5, 0.6) is 11.5 Å². The molecule has 1 amide bonds. The number of rotatable bonds is 6. The molecule has 0 fully saturated rings. The van der Waals surface area contributed by atoms with Crippen LogP contribution < -0.4 is 14.8 Å². The van der Waals surface area contributed by atoms with Gasteiger partial charge >= 0.3 is 0 Å². The molecule has 0 aliphatic carbocycles. The Kier molecular flexibility index (Phi) is 5.88. The van der Waals surface area contributed by atoms with Crippen LogP contribution in [0.3, 0.4) is 0 Å². The van der Waals surface area contributed by atoms with Crippen LogP contribution in [0, 0.1) is 6.92 Å². The minimum Gasteiger partial charge on any atom is -0.497 e. The molecule has 2 atom stereocenters. The van der Waals surface area contributed by atoms with Gasteiger partial charge in [0.05, 0.1) is 36.6 Å². The summed E-state index contributed by atoms with van der Waals surface area (Å²) in [5.74, 6) is 1.30. The maximum Gasteiger partial charge on any atom is 0.245 e. The lowest BCUT2D eigenvalue weighted by Crippen LogP contribution is -2.34. The van der Waals surface area contributed by atoms with Crippen molar-refractivity contribution < 1.29 is 14.3 Å². The van der Waals surface area contributed by atoms with E-state index in [0.29, 0.717) is 11.5 Å². The van der Waals surface area contributed by atoms with Gasteiger partial charge in [-0.3, -0.25) is 9.48 Å². The predicted molar refractivity (Wildman–Crippen MR) is 95.5 cm³/mol. The molecule has 1 aromatic heterocycles. The second-order valence-electron chi connectivity index (χ2n) is 5.54. The van der Waals surface area contributed by atoms with Crippen LogP contribution in [0.1, 0.15) is 37.2 Å². The van der Waals surface area contributed by atoms with Gasteiger partial charge in [0.1, 0.15) is 17.5 Å². The number of benzene rings is 1. The summed E-state index contributed by atoms with van der Waals surface area (Å²) in [6.07, 6.45) is 1.69. The Labute approximate surface area is 150 Å². The van der Waals surface area contributed by atoms with Gasteiger partial charge in [0, 0.05) is 5.56 Å². The van der Waals surface area contributed by atoms with E-state index in [1.54, 1.807) is 25.1 Å². The van der Waals surface area contributed by atoms with Crippen molar-refractivity contribution in [2.75, 3.05) is 14.2 Å². The van der Waals surface area contributed by atoms with E-state index in [1.807, 2.05) is 39.0 Å². The fourth-order valence-corrected chi connectivity index (χ4v) is 2.77. The summed E-state index contributed by atoms with van der Waals surface area (Å²) in [4.78, 5) is 12.6. The Morgan fingerprint density at radius 3 is 2.54 bits per heavy atom. The molecule has 130 valence electrons. The molecule has 0 aliphatic rings. The molecule has 6 nitrogen and oxygen atoms in total. The second-order valence-corrected chi connectivity index (χ2v) is 6.39. The summed E-state index contributed by atoms with van der Waals surface area (Å²) in [7, 11) is 3.21. The Balaban J connectivity index is 2.18. The average Bonchev–Trinajstić information content (AvgIpc) is 2.92. The third kappa shape index (κ3) is 3.72. The molecule has 24 heavy (non-hydrogen) atoms. The fourth-order valence-electron chi connectivity index (χ4n) is 2.49. The van der Waals surface area contributed by atoms with E-state index in [9.17, 15) is 4.79 Å². The van der Waals surface area contributed by atoms with Gasteiger partial charge in [0.15, 0.2) is 0 Å². The summed E-state index contributed by atoms with van der Waals surface area (Å²) >= 11 is 3.41. The van der Waals surface area contributed by atoms with E-state index in [-0.39, 0.29) is 11.9 Å². The van der Waals surface area contributed by atoms with Crippen LogP contribution in [-0.4, -0.2) is 29.9 Å². The third-order valence-electron chi connectivity index (χ3n) is 3.99. The largest absolute Gasteiger partial charge is 0.497 e. The van der Waals surface area contributed by atoms with Crippen LogP contribution in [0.25, 0.3) is 0 Å². The highest BCUT2D eigenvalue weighted by molar-refractivity contribution is 9.10. The van der Waals surface area contributed by atoms with Gasteiger partial charge in [0.25, 0.3) is 0 Å². The standard InChI is InChI=1S/C17H22BrN3O3/c1-10(14-8-13(23-4)6-7-16(14)24-5)20-17(22)12(3)21-11(2)15(18)9-19-21/h6-10,12H,1-5H3,(H,20,22). The number of ether oxygens (including phenoxy) is 2. The highest BCUT2D eigenvalue weighted by Crippen LogP contribution is 2.29. The zero-order valence-corrected chi connectivity index (χ0v) is 16.0. The van der Waals surface area contributed by atoms with Gasteiger partial charge < -0.3 is 14.8 Å². The van der Waals surface area contributed by atoms with Crippen LogP contribution in [0.4, 0.5) is 0 Å². The Hall–Kier alpha value is -2.02. The lowest BCUT2D eigenvalue weighted by atomic mass is 10.1. The van der Waals surface area contributed by atoms with E-state index < -0.39 is 6.04 Å². The fraction of sp³-hybridized carbons (Fsp3) is 0.412. The SMILES string of the molecule is COc1ccc(OC)c(C(C)NC(=O)C(C)n2ncc(Br)c2C)c1. The van der Waals surface area contributed by atoms with Crippen molar-refractivity contribution in [3.8, 4) is 11.5 Å². The molecule has 0 radical (unpaired) electrons. The van der Waals surface area contributed by atoms with Crippen molar-refractivity contribution in [3.05, 3.63) is 40.1 Å². The maximum atomic E-state index is 12.6. The molecule has 0 saturated carbocycles. The smallest absolute Gasteiger partial charge is 0.245 e. The lowest BCUT2D eigenvalue weighted by molar-refractivity contribution is -0.124. The first-order valence-corrected chi connectivity index (χ1v) is 8.40. The molecule has 0 saturated heterocycles. The number of hydrogen-bond acceptors (Lipinski definition) is 4. The van der Waals surface area contributed by atoms with E-state index in [0.717, 1.165) is 15.7 Å². The molecule has 2 rings (SSSR count). The molecule has 7 heteroatoms. The van der Waals surface area contributed by atoms with Gasteiger partial charge in [-0.25, -0.2) is 0 Å². The van der Waals surface area contributed by atoms with Gasteiger partial charge in [-0.2, -0.15) is 5.10 Å². The average molecular weight is 396 g/mol. The Bertz CT molecular complexity index is 730. The number of halogens is 1. The monoisotopic (exact) mass is 395 g/mol. The Morgan fingerprint density at radius 2 is 2.00 bits per heavy atom. The van der Waals surface area contributed by atoms with Gasteiger partial charge in [-0.15, -0.1) is 0 Å². The number of carbonyl (C=O) groups is 1. The minimum absolute atomic E-state index is 0.119. The van der Waals surface area contributed by atoms with Gasteiger partial charge in [0.2, 0.25) is 5.91 Å². The molecule has 0 aliphatic heterocycles.